The Morgan fingerprint density at radius 1 is 1.88 bits per heavy atom. The van der Waals surface area contributed by atoms with E-state index < -0.39 is 4.33 Å². The van der Waals surface area contributed by atoms with Crippen LogP contribution in [-0.4, -0.2) is 10.9 Å². The zero-order valence-corrected chi connectivity index (χ0v) is 5.80. The molecule has 0 fully saturated rings. The van der Waals surface area contributed by atoms with Gasteiger partial charge in [0.05, 0.1) is 0 Å². The number of thioether (sulfide) groups is 1. The van der Waals surface area contributed by atoms with E-state index in [1.807, 2.05) is 5.41 Å². The van der Waals surface area contributed by atoms with Crippen molar-refractivity contribution in [2.45, 2.75) is 4.33 Å². The Morgan fingerprint density at radius 2 is 2.62 bits per heavy atom. The third-order valence-electron chi connectivity index (χ3n) is 0.884. The maximum absolute atomic E-state index is 5.82. The Morgan fingerprint density at radius 3 is 2.88 bits per heavy atom. The molecule has 0 saturated carbocycles. The molecule has 0 saturated heterocycles. The number of nitrogens with one attached hydrogen (secondary N) is 1. The van der Waals surface area contributed by atoms with E-state index in [0.29, 0.717) is 6.54 Å². The summed E-state index contributed by atoms with van der Waals surface area (Å²) >= 11 is 7.31. The smallest absolute Gasteiger partial charge is 0.175 e. The molecule has 0 bridgehead atoms. The first kappa shape index (κ1) is 6.26. The fourth-order valence-corrected chi connectivity index (χ4v) is 1.24. The van der Waals surface area contributed by atoms with E-state index in [1.54, 1.807) is 6.20 Å². The van der Waals surface area contributed by atoms with E-state index in [2.05, 4.69) is 5.32 Å². The van der Waals surface area contributed by atoms with Crippen molar-refractivity contribution in [3.8, 4) is 0 Å². The molecule has 0 aromatic rings. The fourth-order valence-electron chi connectivity index (χ4n) is 0.441. The van der Waals surface area contributed by atoms with Gasteiger partial charge in [-0.2, -0.15) is 0 Å². The predicted octanol–water partition coefficient (Wildman–Crippen LogP) is 0.645. The summed E-state index contributed by atoms with van der Waals surface area (Å²) in [7, 11) is 0. The van der Waals surface area contributed by atoms with Crippen LogP contribution in [0.4, 0.5) is 0 Å². The highest BCUT2D eigenvalue weighted by Gasteiger charge is 2.25. The molecule has 1 heterocycles. The molecular formula is C4H7ClN2S. The van der Waals surface area contributed by atoms with Crippen molar-refractivity contribution in [2.24, 2.45) is 5.73 Å². The Hall–Kier alpha value is 0.140. The van der Waals surface area contributed by atoms with Crippen LogP contribution in [0.2, 0.25) is 0 Å². The number of alkyl halides is 1. The highest BCUT2D eigenvalue weighted by Crippen LogP contribution is 2.30. The summed E-state index contributed by atoms with van der Waals surface area (Å²) < 4.78 is -0.458. The van der Waals surface area contributed by atoms with Gasteiger partial charge in [-0.15, -0.1) is 0 Å². The van der Waals surface area contributed by atoms with Gasteiger partial charge in [0.1, 0.15) is 0 Å². The number of hydrogen-bond donors (Lipinski definition) is 2. The van der Waals surface area contributed by atoms with Gasteiger partial charge in [0.2, 0.25) is 0 Å². The molecule has 0 aliphatic carbocycles. The summed E-state index contributed by atoms with van der Waals surface area (Å²) in [6, 6.07) is 0. The topological polar surface area (TPSA) is 38.0 Å². The molecule has 46 valence electrons. The molecule has 1 atom stereocenters. The lowest BCUT2D eigenvalue weighted by molar-refractivity contribution is 0.732. The quantitative estimate of drug-likeness (QED) is 0.426. The fraction of sp³-hybridized carbons (Fsp3) is 0.500. The molecular weight excluding hydrogens is 144 g/mol. The van der Waals surface area contributed by atoms with Gasteiger partial charge < -0.3 is 11.1 Å². The largest absolute Gasteiger partial charge is 0.363 e. The normalized spacial score (nSPS) is 35.2. The Kier molecular flexibility index (Phi) is 1.70. The molecule has 0 radical (unpaired) electrons. The van der Waals surface area contributed by atoms with Crippen LogP contribution in [0.25, 0.3) is 0 Å². The van der Waals surface area contributed by atoms with Crippen molar-refractivity contribution in [3.05, 3.63) is 11.6 Å². The zero-order valence-electron chi connectivity index (χ0n) is 4.23. The van der Waals surface area contributed by atoms with Crippen LogP contribution in [0, 0.1) is 0 Å². The number of hydrogen-bond acceptors (Lipinski definition) is 3. The monoisotopic (exact) mass is 150 g/mol. The minimum absolute atomic E-state index is 0.437. The van der Waals surface area contributed by atoms with Gasteiger partial charge in [-0.25, -0.2) is 0 Å². The van der Waals surface area contributed by atoms with Crippen molar-refractivity contribution in [1.29, 1.82) is 0 Å². The molecule has 8 heavy (non-hydrogen) atoms. The van der Waals surface area contributed by atoms with Crippen LogP contribution < -0.4 is 11.1 Å². The van der Waals surface area contributed by atoms with Gasteiger partial charge in [-0.1, -0.05) is 23.4 Å². The highest BCUT2D eigenvalue weighted by molar-refractivity contribution is 8.04. The number of rotatable bonds is 1. The summed E-state index contributed by atoms with van der Waals surface area (Å²) in [6.07, 6.45) is 1.80. The van der Waals surface area contributed by atoms with E-state index in [-0.39, 0.29) is 0 Å². The first-order valence-electron chi connectivity index (χ1n) is 2.26. The predicted molar refractivity (Wildman–Crippen MR) is 37.5 cm³/mol. The minimum Gasteiger partial charge on any atom is -0.363 e. The average Bonchev–Trinajstić information content (AvgIpc) is 2.17. The van der Waals surface area contributed by atoms with Crippen LogP contribution >= 0.6 is 23.4 Å². The molecule has 4 heteroatoms. The van der Waals surface area contributed by atoms with Gasteiger partial charge in [-0.05, 0) is 5.41 Å². The molecule has 1 aliphatic rings. The van der Waals surface area contributed by atoms with Crippen LogP contribution in [0.15, 0.2) is 11.6 Å². The van der Waals surface area contributed by atoms with Gasteiger partial charge in [0.15, 0.2) is 4.33 Å². The van der Waals surface area contributed by atoms with E-state index in [1.165, 1.54) is 11.8 Å². The lowest BCUT2D eigenvalue weighted by Crippen LogP contribution is -2.37. The van der Waals surface area contributed by atoms with Crippen molar-refractivity contribution in [3.63, 3.8) is 0 Å². The van der Waals surface area contributed by atoms with Crippen molar-refractivity contribution >= 4 is 23.4 Å². The number of nitrogens with two attached hydrogens (primary N) is 1. The standard InChI is InChI=1S/C4H7ClN2S/c5-4(3-6)7-1-2-8-4/h1-2,7H,3,6H2. The molecule has 1 rings (SSSR count). The molecule has 0 aromatic heterocycles. The molecule has 0 spiro atoms. The lowest BCUT2D eigenvalue weighted by atomic mass is 10.6. The van der Waals surface area contributed by atoms with E-state index in [0.717, 1.165) is 0 Å². The highest BCUT2D eigenvalue weighted by atomic mass is 35.5. The van der Waals surface area contributed by atoms with Crippen LogP contribution in [0.3, 0.4) is 0 Å². The van der Waals surface area contributed by atoms with Gasteiger partial charge in [-0.3, -0.25) is 0 Å². The van der Waals surface area contributed by atoms with E-state index in [4.69, 9.17) is 17.3 Å². The molecule has 1 aliphatic heterocycles. The third kappa shape index (κ3) is 1.10. The second-order valence-electron chi connectivity index (χ2n) is 1.50. The van der Waals surface area contributed by atoms with Gasteiger partial charge >= 0.3 is 0 Å². The maximum atomic E-state index is 5.82. The summed E-state index contributed by atoms with van der Waals surface area (Å²) in [5.41, 5.74) is 5.31. The Bertz CT molecular complexity index is 107. The van der Waals surface area contributed by atoms with Crippen molar-refractivity contribution in [1.82, 2.24) is 5.32 Å². The SMILES string of the molecule is NCC1(Cl)NC=CS1. The van der Waals surface area contributed by atoms with E-state index in [9.17, 15) is 0 Å². The summed E-state index contributed by atoms with van der Waals surface area (Å²) in [5.74, 6) is 0. The third-order valence-corrected chi connectivity index (χ3v) is 2.35. The van der Waals surface area contributed by atoms with Crippen molar-refractivity contribution in [2.75, 3.05) is 6.54 Å². The molecule has 1 unspecified atom stereocenters. The first-order chi connectivity index (χ1) is 3.77. The summed E-state index contributed by atoms with van der Waals surface area (Å²) in [6.45, 7) is 0.437. The molecule has 0 aromatic carbocycles. The van der Waals surface area contributed by atoms with Gasteiger partial charge in [0, 0.05) is 12.7 Å². The zero-order chi connectivity index (χ0) is 6.04. The average molecular weight is 151 g/mol. The van der Waals surface area contributed by atoms with Crippen molar-refractivity contribution < 1.29 is 0 Å². The Balaban J connectivity index is 2.46. The van der Waals surface area contributed by atoms with Crippen LogP contribution in [0.5, 0.6) is 0 Å². The minimum atomic E-state index is -0.458. The summed E-state index contributed by atoms with van der Waals surface area (Å²) in [4.78, 5) is 0. The number of halogens is 1. The van der Waals surface area contributed by atoms with Crippen LogP contribution in [-0.2, 0) is 0 Å². The Labute approximate surface area is 57.5 Å². The second-order valence-corrected chi connectivity index (χ2v) is 3.57. The van der Waals surface area contributed by atoms with Crippen LogP contribution in [0.1, 0.15) is 0 Å². The first-order valence-corrected chi connectivity index (χ1v) is 3.52. The lowest BCUT2D eigenvalue weighted by Gasteiger charge is -2.17. The van der Waals surface area contributed by atoms with Gasteiger partial charge in [0.25, 0.3) is 0 Å². The van der Waals surface area contributed by atoms with E-state index >= 15 is 0 Å². The molecule has 3 N–H and O–H groups in total. The maximum Gasteiger partial charge on any atom is 0.175 e. The summed E-state index contributed by atoms with van der Waals surface area (Å²) in [5, 5.41) is 4.79. The molecule has 0 amide bonds. The molecule has 2 nitrogen and oxygen atoms in total. The second kappa shape index (κ2) is 2.17.